The maximum Gasteiger partial charge on any atom is 0.250 e. The lowest BCUT2D eigenvalue weighted by Crippen LogP contribution is -2.37. The Morgan fingerprint density at radius 2 is 2.21 bits per heavy atom. The molecule has 0 bridgehead atoms. The number of sulfonamides is 1. The van der Waals surface area contributed by atoms with E-state index in [0.717, 1.165) is 4.88 Å². The number of nitrogens with two attached hydrogens (primary N) is 1. The van der Waals surface area contributed by atoms with Crippen LogP contribution in [0.15, 0.2) is 16.3 Å². The first-order chi connectivity index (χ1) is 6.45. The highest BCUT2D eigenvalue weighted by Gasteiger charge is 2.17. The Morgan fingerprint density at radius 1 is 1.57 bits per heavy atom. The predicted octanol–water partition coefficient (Wildman–Crippen LogP) is 0.682. The highest BCUT2D eigenvalue weighted by Crippen LogP contribution is 2.20. The fourth-order valence-corrected chi connectivity index (χ4v) is 3.48. The van der Waals surface area contributed by atoms with Gasteiger partial charge in [0.2, 0.25) is 10.0 Å². The van der Waals surface area contributed by atoms with Crippen LogP contribution in [0.2, 0.25) is 0 Å². The minimum atomic E-state index is -3.36. The molecule has 0 aromatic carbocycles. The second-order valence-electron chi connectivity index (χ2n) is 3.12. The van der Waals surface area contributed by atoms with Crippen LogP contribution in [-0.4, -0.2) is 21.0 Å². The highest BCUT2D eigenvalue weighted by atomic mass is 32.2. The van der Waals surface area contributed by atoms with Crippen molar-refractivity contribution in [2.75, 3.05) is 6.54 Å². The molecule has 0 saturated carbocycles. The normalized spacial score (nSPS) is 14.2. The summed E-state index contributed by atoms with van der Waals surface area (Å²) in [6.07, 6.45) is 0. The smallest absolute Gasteiger partial charge is 0.250 e. The molecule has 1 aromatic rings. The monoisotopic (exact) mass is 234 g/mol. The van der Waals surface area contributed by atoms with Crippen LogP contribution < -0.4 is 10.5 Å². The van der Waals surface area contributed by atoms with Gasteiger partial charge in [0.25, 0.3) is 0 Å². The first kappa shape index (κ1) is 11.6. The van der Waals surface area contributed by atoms with E-state index in [1.165, 1.54) is 11.3 Å². The summed E-state index contributed by atoms with van der Waals surface area (Å²) in [5.74, 6) is 0. The third-order valence-electron chi connectivity index (χ3n) is 1.69. The molecule has 0 spiro atoms. The number of nitrogens with one attached hydrogen (secondary N) is 1. The molecule has 0 fully saturated rings. The van der Waals surface area contributed by atoms with Gasteiger partial charge in [-0.3, -0.25) is 0 Å². The van der Waals surface area contributed by atoms with Crippen LogP contribution in [0.4, 0.5) is 0 Å². The summed E-state index contributed by atoms with van der Waals surface area (Å²) in [5.41, 5.74) is 5.34. The van der Waals surface area contributed by atoms with Crippen molar-refractivity contribution in [1.82, 2.24) is 4.72 Å². The molecule has 0 amide bonds. The summed E-state index contributed by atoms with van der Waals surface area (Å²) in [5, 5.41) is 0. The van der Waals surface area contributed by atoms with Gasteiger partial charge in [-0.1, -0.05) is 0 Å². The van der Waals surface area contributed by atoms with Gasteiger partial charge in [-0.15, -0.1) is 11.3 Å². The van der Waals surface area contributed by atoms with Gasteiger partial charge < -0.3 is 5.73 Å². The molecule has 3 N–H and O–H groups in total. The van der Waals surface area contributed by atoms with Crippen molar-refractivity contribution in [3.63, 3.8) is 0 Å². The van der Waals surface area contributed by atoms with Crippen LogP contribution in [0, 0.1) is 6.92 Å². The minimum absolute atomic E-state index is 0.234. The Morgan fingerprint density at radius 3 is 2.64 bits per heavy atom. The number of rotatable bonds is 4. The second kappa shape index (κ2) is 4.39. The molecule has 1 atom stereocenters. The molecule has 0 radical (unpaired) electrons. The third-order valence-corrected chi connectivity index (χ3v) is 4.77. The first-order valence-electron chi connectivity index (χ1n) is 4.24. The molecule has 1 aromatic heterocycles. The van der Waals surface area contributed by atoms with E-state index in [2.05, 4.69) is 4.72 Å². The topological polar surface area (TPSA) is 72.2 Å². The van der Waals surface area contributed by atoms with E-state index in [-0.39, 0.29) is 6.04 Å². The van der Waals surface area contributed by atoms with Crippen molar-refractivity contribution in [2.45, 2.75) is 24.1 Å². The Bertz CT molecular complexity index is 397. The standard InChI is InChI=1S/C8H14N2O2S2/c1-6(5-9)10-14(11,12)8-4-3-7(2)13-8/h3-4,6,10H,5,9H2,1-2H3/t6-/m1/s1. The lowest BCUT2D eigenvalue weighted by Gasteiger charge is -2.09. The lowest BCUT2D eigenvalue weighted by atomic mass is 10.4. The number of hydrogen-bond donors (Lipinski definition) is 2. The van der Waals surface area contributed by atoms with Crippen molar-refractivity contribution < 1.29 is 8.42 Å². The number of aryl methyl sites for hydroxylation is 1. The second-order valence-corrected chi connectivity index (χ2v) is 6.35. The molecule has 0 unspecified atom stereocenters. The molecule has 1 rings (SSSR count). The molecule has 1 heterocycles. The van der Waals surface area contributed by atoms with Crippen LogP contribution in [0.5, 0.6) is 0 Å². The van der Waals surface area contributed by atoms with Gasteiger partial charge in [0.15, 0.2) is 0 Å². The molecule has 80 valence electrons. The van der Waals surface area contributed by atoms with Crippen molar-refractivity contribution >= 4 is 21.4 Å². The van der Waals surface area contributed by atoms with Crippen LogP contribution in [0.25, 0.3) is 0 Å². The molecule has 0 aliphatic carbocycles. The van der Waals surface area contributed by atoms with Crippen LogP contribution >= 0.6 is 11.3 Å². The molecular formula is C8H14N2O2S2. The highest BCUT2D eigenvalue weighted by molar-refractivity contribution is 7.91. The van der Waals surface area contributed by atoms with Gasteiger partial charge in [0.1, 0.15) is 4.21 Å². The van der Waals surface area contributed by atoms with Crippen molar-refractivity contribution in [3.05, 3.63) is 17.0 Å². The van der Waals surface area contributed by atoms with E-state index in [4.69, 9.17) is 5.73 Å². The first-order valence-corrected chi connectivity index (χ1v) is 6.54. The van der Waals surface area contributed by atoms with Crippen LogP contribution in [-0.2, 0) is 10.0 Å². The average molecular weight is 234 g/mol. The van der Waals surface area contributed by atoms with E-state index in [1.807, 2.05) is 6.92 Å². The zero-order valence-electron chi connectivity index (χ0n) is 8.15. The van der Waals surface area contributed by atoms with Gasteiger partial charge in [-0.2, -0.15) is 0 Å². The van der Waals surface area contributed by atoms with Gasteiger partial charge in [0, 0.05) is 17.5 Å². The van der Waals surface area contributed by atoms with Crippen molar-refractivity contribution in [1.29, 1.82) is 0 Å². The van der Waals surface area contributed by atoms with Gasteiger partial charge in [-0.05, 0) is 26.0 Å². The van der Waals surface area contributed by atoms with E-state index in [9.17, 15) is 8.42 Å². The Kier molecular flexibility index (Phi) is 3.65. The quantitative estimate of drug-likeness (QED) is 0.804. The van der Waals surface area contributed by atoms with Gasteiger partial charge in [-0.25, -0.2) is 13.1 Å². The molecule has 0 aliphatic heterocycles. The lowest BCUT2D eigenvalue weighted by molar-refractivity contribution is 0.564. The molecule has 14 heavy (non-hydrogen) atoms. The number of thiophene rings is 1. The largest absolute Gasteiger partial charge is 0.329 e. The van der Waals surface area contributed by atoms with E-state index in [1.54, 1.807) is 19.1 Å². The summed E-state index contributed by atoms with van der Waals surface area (Å²) in [7, 11) is -3.36. The summed E-state index contributed by atoms with van der Waals surface area (Å²) in [4.78, 5) is 0.978. The summed E-state index contributed by atoms with van der Waals surface area (Å²) < 4.78 is 26.2. The maximum absolute atomic E-state index is 11.7. The molecular weight excluding hydrogens is 220 g/mol. The predicted molar refractivity (Wildman–Crippen MR) is 57.9 cm³/mol. The molecule has 0 saturated heterocycles. The van der Waals surface area contributed by atoms with Crippen molar-refractivity contribution in [3.8, 4) is 0 Å². The molecule has 4 nitrogen and oxygen atoms in total. The summed E-state index contributed by atoms with van der Waals surface area (Å²) in [6.45, 7) is 3.90. The van der Waals surface area contributed by atoms with Crippen LogP contribution in [0.1, 0.15) is 11.8 Å². The average Bonchev–Trinajstić information content (AvgIpc) is 2.51. The Labute approximate surface area is 88.2 Å². The fourth-order valence-electron chi connectivity index (χ4n) is 0.928. The number of hydrogen-bond acceptors (Lipinski definition) is 4. The zero-order chi connectivity index (χ0) is 10.8. The summed E-state index contributed by atoms with van der Waals surface area (Å²) in [6, 6.07) is 3.15. The molecule has 6 heteroatoms. The maximum atomic E-state index is 11.7. The fraction of sp³-hybridized carbons (Fsp3) is 0.500. The van der Waals surface area contributed by atoms with Crippen molar-refractivity contribution in [2.24, 2.45) is 5.73 Å². The Hall–Kier alpha value is -0.430. The van der Waals surface area contributed by atoms with Gasteiger partial charge >= 0.3 is 0 Å². The SMILES string of the molecule is Cc1ccc(S(=O)(=O)N[C@H](C)CN)s1. The minimum Gasteiger partial charge on any atom is -0.329 e. The Balaban J connectivity index is 2.86. The van der Waals surface area contributed by atoms with E-state index < -0.39 is 10.0 Å². The third kappa shape index (κ3) is 2.78. The zero-order valence-corrected chi connectivity index (χ0v) is 9.78. The molecule has 0 aliphatic rings. The van der Waals surface area contributed by atoms with Gasteiger partial charge in [0.05, 0.1) is 0 Å². The van der Waals surface area contributed by atoms with Crippen LogP contribution in [0.3, 0.4) is 0 Å². The summed E-state index contributed by atoms with van der Waals surface area (Å²) >= 11 is 1.26. The van der Waals surface area contributed by atoms with E-state index >= 15 is 0 Å². The van der Waals surface area contributed by atoms with E-state index in [0.29, 0.717) is 10.8 Å².